The van der Waals surface area contributed by atoms with Gasteiger partial charge >= 0.3 is 5.69 Å². The molecule has 8 aromatic rings. The first-order chi connectivity index (χ1) is 23.4. The molecule has 0 radical (unpaired) electrons. The number of furan rings is 2. The Kier molecular flexibility index (Phi) is 7.50. The van der Waals surface area contributed by atoms with Crippen LogP contribution in [0.3, 0.4) is 0 Å². The number of nitrogen functional groups attached to an aromatic ring is 1. The average molecular weight is 629 g/mol. The maximum Gasteiger partial charge on any atom is 0.310 e. The van der Waals surface area contributed by atoms with Gasteiger partial charge in [-0.15, -0.1) is 0 Å². The van der Waals surface area contributed by atoms with Gasteiger partial charge in [0.2, 0.25) is 0 Å². The van der Waals surface area contributed by atoms with E-state index in [-0.39, 0.29) is 16.9 Å². The molecule has 0 aliphatic heterocycles. The van der Waals surface area contributed by atoms with Crippen LogP contribution >= 0.6 is 0 Å². The highest BCUT2D eigenvalue weighted by Crippen LogP contribution is 2.35. The normalized spacial score (nSPS) is 10.7. The number of nitrogens with one attached hydrogen (secondary N) is 2. The van der Waals surface area contributed by atoms with Crippen LogP contribution in [0.15, 0.2) is 130 Å². The Morgan fingerprint density at radius 3 is 1.60 bits per heavy atom. The number of rotatable bonds is 5. The fourth-order valence-corrected chi connectivity index (χ4v) is 5.62. The molecule has 230 valence electrons. The van der Waals surface area contributed by atoms with Crippen molar-refractivity contribution in [1.29, 1.82) is 10.5 Å². The lowest BCUT2D eigenvalue weighted by atomic mass is 10.1. The van der Waals surface area contributed by atoms with Gasteiger partial charge in [-0.2, -0.15) is 10.5 Å². The summed E-state index contributed by atoms with van der Waals surface area (Å²) in [6, 6.07) is 41.0. The number of fused-ring (bicyclic) bond motifs is 6. The highest BCUT2D eigenvalue weighted by molar-refractivity contribution is 6.06. The third-order valence-corrected chi connectivity index (χ3v) is 7.88. The number of nitriles is 2. The quantitative estimate of drug-likeness (QED) is 0.0954. The lowest BCUT2D eigenvalue weighted by Crippen LogP contribution is -1.99. The predicted octanol–water partition coefficient (Wildman–Crippen LogP) is 9.89. The van der Waals surface area contributed by atoms with Crippen LogP contribution in [0.25, 0.3) is 43.9 Å². The van der Waals surface area contributed by atoms with Crippen molar-refractivity contribution in [2.24, 2.45) is 0 Å². The number of anilines is 5. The van der Waals surface area contributed by atoms with E-state index in [9.17, 15) is 10.1 Å². The first kappa shape index (κ1) is 29.4. The summed E-state index contributed by atoms with van der Waals surface area (Å²) in [5, 5.41) is 39.9. The Labute approximate surface area is 273 Å². The highest BCUT2D eigenvalue weighted by Gasteiger charge is 2.20. The van der Waals surface area contributed by atoms with Crippen LogP contribution in [0, 0.1) is 32.8 Å². The number of nitrogens with zero attached hydrogens (tertiary/aromatic N) is 3. The number of para-hydroxylation sites is 4. The third-order valence-electron chi connectivity index (χ3n) is 7.88. The number of hydrogen-bond acceptors (Lipinski definition) is 9. The minimum Gasteiger partial charge on any atom is -0.456 e. The molecule has 0 aliphatic rings. The summed E-state index contributed by atoms with van der Waals surface area (Å²) in [5.41, 5.74) is 12.3. The molecule has 0 saturated heterocycles. The molecule has 4 N–H and O–H groups in total. The molecule has 48 heavy (non-hydrogen) atoms. The van der Waals surface area contributed by atoms with E-state index in [0.29, 0.717) is 28.2 Å². The summed E-state index contributed by atoms with van der Waals surface area (Å²) in [6.45, 7) is 0. The third kappa shape index (κ3) is 5.42. The minimum atomic E-state index is -0.555. The van der Waals surface area contributed by atoms with E-state index in [0.717, 1.165) is 44.0 Å². The zero-order chi connectivity index (χ0) is 33.2. The van der Waals surface area contributed by atoms with Crippen molar-refractivity contribution < 1.29 is 13.8 Å². The largest absolute Gasteiger partial charge is 0.456 e. The summed E-state index contributed by atoms with van der Waals surface area (Å²) < 4.78 is 11.7. The van der Waals surface area contributed by atoms with Crippen molar-refractivity contribution in [2.45, 2.75) is 0 Å². The second kappa shape index (κ2) is 12.2. The van der Waals surface area contributed by atoms with Crippen molar-refractivity contribution in [3.8, 4) is 12.1 Å². The predicted molar refractivity (Wildman–Crippen MR) is 187 cm³/mol. The topological polar surface area (TPSA) is 167 Å². The van der Waals surface area contributed by atoms with E-state index in [1.165, 1.54) is 6.07 Å². The molecule has 0 saturated carbocycles. The molecule has 0 aliphatic carbocycles. The van der Waals surface area contributed by atoms with Crippen LogP contribution in [-0.4, -0.2) is 4.92 Å². The molecular weight excluding hydrogens is 604 g/mol. The van der Waals surface area contributed by atoms with Gasteiger partial charge in [0.05, 0.1) is 21.9 Å². The smallest absolute Gasteiger partial charge is 0.310 e. The molecule has 6 aromatic carbocycles. The average Bonchev–Trinajstić information content (AvgIpc) is 3.66. The molecule has 10 nitrogen and oxygen atoms in total. The number of nitrogens with two attached hydrogens (primary N) is 1. The molecule has 8 rings (SSSR count). The van der Waals surface area contributed by atoms with Crippen molar-refractivity contribution in [3.63, 3.8) is 0 Å². The SMILES string of the molecule is N#Cc1cccc(Nc2ccc3c(c2)oc2ccccc23)c1N.N#Cc1cccc(Nc2ccc3c(c2)oc2ccccc23)c1[N+](=O)[O-]. The molecule has 2 aromatic heterocycles. The van der Waals surface area contributed by atoms with Gasteiger partial charge in [-0.1, -0.05) is 48.5 Å². The molecule has 0 bridgehead atoms. The first-order valence-corrected chi connectivity index (χ1v) is 14.8. The molecule has 2 heterocycles. The van der Waals surface area contributed by atoms with Crippen LogP contribution in [-0.2, 0) is 0 Å². The Morgan fingerprint density at radius 1 is 0.583 bits per heavy atom. The molecular formula is C38H24N6O4. The summed E-state index contributed by atoms with van der Waals surface area (Å²) in [5.74, 6) is 0. The summed E-state index contributed by atoms with van der Waals surface area (Å²) in [6.07, 6.45) is 0. The van der Waals surface area contributed by atoms with Gasteiger partial charge in [0.15, 0.2) is 0 Å². The van der Waals surface area contributed by atoms with Gasteiger partial charge in [-0.3, -0.25) is 10.1 Å². The Balaban J connectivity index is 0.000000152. The van der Waals surface area contributed by atoms with Crippen LogP contribution in [0.5, 0.6) is 0 Å². The van der Waals surface area contributed by atoms with Crippen molar-refractivity contribution in [2.75, 3.05) is 16.4 Å². The fraction of sp³-hybridized carbons (Fsp3) is 0. The monoisotopic (exact) mass is 628 g/mol. The number of hydrogen-bond donors (Lipinski definition) is 3. The fourth-order valence-electron chi connectivity index (χ4n) is 5.62. The Morgan fingerprint density at radius 2 is 1.06 bits per heavy atom. The van der Waals surface area contributed by atoms with Crippen LogP contribution in [0.1, 0.15) is 11.1 Å². The molecule has 0 spiro atoms. The van der Waals surface area contributed by atoms with Gasteiger partial charge in [0.1, 0.15) is 45.7 Å². The van der Waals surface area contributed by atoms with E-state index >= 15 is 0 Å². The number of benzene rings is 6. The van der Waals surface area contributed by atoms with E-state index in [2.05, 4.69) is 16.7 Å². The lowest BCUT2D eigenvalue weighted by Gasteiger charge is -2.10. The number of nitro groups is 1. The Hall–Kier alpha value is -7.30. The standard InChI is InChI=1S/C19H11N3O3.C19H13N3O/c20-11-12-4-3-6-16(19(12)22(23)24)21-13-8-9-15-14-5-1-2-7-17(14)25-18(15)10-13;20-11-12-4-3-6-16(19(12)21)22-13-8-9-15-14-5-1-2-7-17(14)23-18(15)10-13/h1-10,21H;1-10,22H,21H2. The van der Waals surface area contributed by atoms with E-state index in [1.807, 2.05) is 91.0 Å². The van der Waals surface area contributed by atoms with E-state index < -0.39 is 4.92 Å². The van der Waals surface area contributed by atoms with Crippen LogP contribution in [0.4, 0.5) is 34.1 Å². The molecule has 0 amide bonds. The molecule has 0 atom stereocenters. The van der Waals surface area contributed by atoms with Crippen molar-refractivity contribution in [1.82, 2.24) is 0 Å². The van der Waals surface area contributed by atoms with Crippen molar-refractivity contribution >= 4 is 78.0 Å². The van der Waals surface area contributed by atoms with E-state index in [1.54, 1.807) is 30.3 Å². The molecule has 10 heteroatoms. The molecule has 0 fully saturated rings. The summed E-state index contributed by atoms with van der Waals surface area (Å²) in [7, 11) is 0. The van der Waals surface area contributed by atoms with E-state index in [4.69, 9.17) is 25.1 Å². The maximum absolute atomic E-state index is 11.3. The van der Waals surface area contributed by atoms with Gasteiger partial charge in [0, 0.05) is 45.1 Å². The van der Waals surface area contributed by atoms with Gasteiger partial charge < -0.3 is 25.2 Å². The highest BCUT2D eigenvalue weighted by atomic mass is 16.6. The second-order valence-electron chi connectivity index (χ2n) is 10.8. The van der Waals surface area contributed by atoms with Gasteiger partial charge in [-0.05, 0) is 60.7 Å². The number of nitro benzene ring substituents is 1. The zero-order valence-electron chi connectivity index (χ0n) is 25.1. The van der Waals surface area contributed by atoms with Crippen LogP contribution < -0.4 is 16.4 Å². The minimum absolute atomic E-state index is 0.0137. The van der Waals surface area contributed by atoms with Crippen molar-refractivity contribution in [3.05, 3.63) is 143 Å². The first-order valence-electron chi connectivity index (χ1n) is 14.8. The summed E-state index contributed by atoms with van der Waals surface area (Å²) in [4.78, 5) is 10.8. The maximum atomic E-state index is 11.3. The lowest BCUT2D eigenvalue weighted by molar-refractivity contribution is -0.384. The van der Waals surface area contributed by atoms with Gasteiger partial charge in [-0.25, -0.2) is 0 Å². The summed E-state index contributed by atoms with van der Waals surface area (Å²) >= 11 is 0. The Bertz CT molecular complexity index is 2610. The second-order valence-corrected chi connectivity index (χ2v) is 10.8. The van der Waals surface area contributed by atoms with Gasteiger partial charge in [0.25, 0.3) is 0 Å². The zero-order valence-corrected chi connectivity index (χ0v) is 25.1. The van der Waals surface area contributed by atoms with Crippen LogP contribution in [0.2, 0.25) is 0 Å². The molecule has 0 unspecified atom stereocenters.